The van der Waals surface area contributed by atoms with Gasteiger partial charge >= 0.3 is 6.09 Å². The van der Waals surface area contributed by atoms with Crippen LogP contribution >= 0.6 is 0 Å². The molecule has 6 heteroatoms. The molecular weight excluding hydrogens is 354 g/mol. The summed E-state index contributed by atoms with van der Waals surface area (Å²) in [5, 5.41) is 3.12. The number of amides is 2. The van der Waals surface area contributed by atoms with Crippen molar-refractivity contribution in [3.05, 3.63) is 35.9 Å². The summed E-state index contributed by atoms with van der Waals surface area (Å²) in [6, 6.07) is 10.4. The highest BCUT2D eigenvalue weighted by atomic mass is 16.6. The molecule has 6 nitrogen and oxygen atoms in total. The summed E-state index contributed by atoms with van der Waals surface area (Å²) in [5.41, 5.74) is 0.678. The van der Waals surface area contributed by atoms with Crippen molar-refractivity contribution in [1.82, 2.24) is 15.1 Å². The van der Waals surface area contributed by atoms with E-state index in [1.54, 1.807) is 4.90 Å². The molecule has 1 fully saturated rings. The van der Waals surface area contributed by atoms with Crippen LogP contribution in [0.4, 0.5) is 4.79 Å². The number of likely N-dealkylation sites (tertiary alicyclic amines) is 1. The second-order valence-electron chi connectivity index (χ2n) is 8.30. The van der Waals surface area contributed by atoms with Crippen molar-refractivity contribution in [2.45, 2.75) is 52.7 Å². The number of carbonyl (C=O) groups excluding carboxylic acids is 2. The van der Waals surface area contributed by atoms with Crippen molar-refractivity contribution in [2.24, 2.45) is 5.92 Å². The molecule has 1 aromatic carbocycles. The second-order valence-corrected chi connectivity index (χ2v) is 8.30. The Hall–Kier alpha value is -2.08. The van der Waals surface area contributed by atoms with Gasteiger partial charge in [0.2, 0.25) is 5.91 Å². The smallest absolute Gasteiger partial charge is 0.410 e. The number of rotatable bonds is 7. The monoisotopic (exact) mass is 389 g/mol. The topological polar surface area (TPSA) is 61.9 Å². The summed E-state index contributed by atoms with van der Waals surface area (Å²) < 4.78 is 5.41. The Morgan fingerprint density at radius 1 is 1.21 bits per heavy atom. The van der Waals surface area contributed by atoms with E-state index >= 15 is 0 Å². The molecule has 2 rings (SSSR count). The minimum Gasteiger partial charge on any atom is -0.444 e. The van der Waals surface area contributed by atoms with Crippen molar-refractivity contribution < 1.29 is 14.3 Å². The fraction of sp³-hybridized carbons (Fsp3) is 0.636. The Morgan fingerprint density at radius 2 is 1.86 bits per heavy atom. The van der Waals surface area contributed by atoms with Crippen LogP contribution in [0.3, 0.4) is 0 Å². The first-order chi connectivity index (χ1) is 13.2. The van der Waals surface area contributed by atoms with E-state index in [2.05, 4.69) is 36.2 Å². The Balaban J connectivity index is 1.93. The number of ether oxygens (including phenoxy) is 1. The second kappa shape index (κ2) is 9.92. The lowest BCUT2D eigenvalue weighted by atomic mass is 10.0. The number of nitrogens with one attached hydrogen (secondary N) is 1. The molecule has 1 aliphatic heterocycles. The van der Waals surface area contributed by atoms with Crippen LogP contribution < -0.4 is 5.32 Å². The molecule has 0 saturated carbocycles. The molecule has 156 valence electrons. The minimum atomic E-state index is -0.524. The van der Waals surface area contributed by atoms with E-state index in [1.165, 1.54) is 5.56 Å². The van der Waals surface area contributed by atoms with Crippen LogP contribution in [0.5, 0.6) is 0 Å². The fourth-order valence-corrected chi connectivity index (χ4v) is 3.61. The Kier molecular flexibility index (Phi) is 7.87. The summed E-state index contributed by atoms with van der Waals surface area (Å²) in [6.07, 6.45) is 0.333. The molecule has 1 saturated heterocycles. The molecule has 0 spiro atoms. The lowest BCUT2D eigenvalue weighted by molar-refractivity contribution is -0.124. The standard InChI is InChI=1S/C22H35N3O3/c1-6-24(7-2)19(17-11-9-8-10-12-17)15-23-20(26)18-13-14-25(16-18)21(27)28-22(3,4)5/h8-12,18-19H,6-7,13-16H2,1-5H3,(H,23,26). The highest BCUT2D eigenvalue weighted by Crippen LogP contribution is 2.22. The third-order valence-electron chi connectivity index (χ3n) is 5.12. The Bertz CT molecular complexity index is 638. The predicted molar refractivity (Wildman–Crippen MR) is 111 cm³/mol. The Morgan fingerprint density at radius 3 is 2.43 bits per heavy atom. The van der Waals surface area contributed by atoms with E-state index in [0.717, 1.165) is 13.1 Å². The molecule has 2 amide bonds. The van der Waals surface area contributed by atoms with Crippen LogP contribution in [-0.2, 0) is 9.53 Å². The first-order valence-corrected chi connectivity index (χ1v) is 10.3. The van der Waals surface area contributed by atoms with Crippen molar-refractivity contribution >= 4 is 12.0 Å². The van der Waals surface area contributed by atoms with Gasteiger partial charge < -0.3 is 15.0 Å². The molecule has 28 heavy (non-hydrogen) atoms. The van der Waals surface area contributed by atoms with Gasteiger partial charge in [0.15, 0.2) is 0 Å². The molecule has 2 unspecified atom stereocenters. The molecule has 0 bridgehead atoms. The number of likely N-dealkylation sites (N-methyl/N-ethyl adjacent to an activating group) is 1. The van der Waals surface area contributed by atoms with Crippen LogP contribution in [0, 0.1) is 5.92 Å². The maximum Gasteiger partial charge on any atom is 0.410 e. The average Bonchev–Trinajstić information content (AvgIpc) is 3.15. The fourth-order valence-electron chi connectivity index (χ4n) is 3.61. The highest BCUT2D eigenvalue weighted by Gasteiger charge is 2.33. The van der Waals surface area contributed by atoms with E-state index in [0.29, 0.717) is 26.1 Å². The van der Waals surface area contributed by atoms with Gasteiger partial charge in [-0.25, -0.2) is 4.79 Å². The van der Waals surface area contributed by atoms with Crippen LogP contribution in [0.2, 0.25) is 0 Å². The first-order valence-electron chi connectivity index (χ1n) is 10.3. The molecule has 1 aliphatic rings. The van der Waals surface area contributed by atoms with Crippen LogP contribution in [-0.4, -0.2) is 60.1 Å². The van der Waals surface area contributed by atoms with Gasteiger partial charge in [-0.3, -0.25) is 9.69 Å². The zero-order valence-corrected chi connectivity index (χ0v) is 17.9. The largest absolute Gasteiger partial charge is 0.444 e. The van der Waals surface area contributed by atoms with Gasteiger partial charge in [-0.15, -0.1) is 0 Å². The van der Waals surface area contributed by atoms with Gasteiger partial charge in [0.25, 0.3) is 0 Å². The Labute approximate surface area is 169 Å². The molecule has 0 aliphatic carbocycles. The SMILES string of the molecule is CCN(CC)C(CNC(=O)C1CCN(C(=O)OC(C)(C)C)C1)c1ccccc1. The maximum absolute atomic E-state index is 12.7. The molecule has 1 N–H and O–H groups in total. The lowest BCUT2D eigenvalue weighted by Crippen LogP contribution is -2.41. The number of benzene rings is 1. The van der Waals surface area contributed by atoms with Crippen LogP contribution in [0.25, 0.3) is 0 Å². The van der Waals surface area contributed by atoms with Gasteiger partial charge in [-0.2, -0.15) is 0 Å². The highest BCUT2D eigenvalue weighted by molar-refractivity contribution is 5.80. The zero-order chi connectivity index (χ0) is 20.7. The number of hydrogen-bond donors (Lipinski definition) is 1. The number of carbonyl (C=O) groups is 2. The number of nitrogens with zero attached hydrogens (tertiary/aromatic N) is 2. The third kappa shape index (κ3) is 6.23. The average molecular weight is 390 g/mol. The van der Waals surface area contributed by atoms with Gasteiger partial charge in [-0.05, 0) is 45.8 Å². The van der Waals surface area contributed by atoms with E-state index in [-0.39, 0.29) is 24.0 Å². The maximum atomic E-state index is 12.7. The molecule has 1 aromatic rings. The molecule has 2 atom stereocenters. The van der Waals surface area contributed by atoms with Crippen molar-refractivity contribution in [3.63, 3.8) is 0 Å². The van der Waals surface area contributed by atoms with E-state index in [4.69, 9.17) is 4.74 Å². The molecule has 0 aromatic heterocycles. The molecule has 1 heterocycles. The van der Waals surface area contributed by atoms with Crippen molar-refractivity contribution in [1.29, 1.82) is 0 Å². The van der Waals surface area contributed by atoms with Crippen molar-refractivity contribution in [3.8, 4) is 0 Å². The van der Waals surface area contributed by atoms with Crippen molar-refractivity contribution in [2.75, 3.05) is 32.7 Å². The normalized spacial score (nSPS) is 18.2. The van der Waals surface area contributed by atoms with Crippen LogP contribution in [0.1, 0.15) is 52.6 Å². The summed E-state index contributed by atoms with van der Waals surface area (Å²) in [4.78, 5) is 28.9. The van der Waals surface area contributed by atoms with Gasteiger partial charge in [0, 0.05) is 19.6 Å². The third-order valence-corrected chi connectivity index (χ3v) is 5.12. The van der Waals surface area contributed by atoms with Gasteiger partial charge in [-0.1, -0.05) is 44.2 Å². The minimum absolute atomic E-state index is 0.0131. The van der Waals surface area contributed by atoms with Gasteiger partial charge in [0.1, 0.15) is 5.60 Å². The summed E-state index contributed by atoms with van der Waals surface area (Å²) in [5.74, 6) is -0.167. The predicted octanol–water partition coefficient (Wildman–Crippen LogP) is 3.44. The van der Waals surface area contributed by atoms with E-state index < -0.39 is 5.60 Å². The summed E-state index contributed by atoms with van der Waals surface area (Å²) in [6.45, 7) is 13.2. The summed E-state index contributed by atoms with van der Waals surface area (Å²) in [7, 11) is 0. The van der Waals surface area contributed by atoms with Crippen LogP contribution in [0.15, 0.2) is 30.3 Å². The van der Waals surface area contributed by atoms with Gasteiger partial charge in [0.05, 0.1) is 12.0 Å². The number of hydrogen-bond acceptors (Lipinski definition) is 4. The first kappa shape index (κ1) is 22.2. The van der Waals surface area contributed by atoms with E-state index in [1.807, 2.05) is 39.0 Å². The molecular formula is C22H35N3O3. The summed E-state index contributed by atoms with van der Waals surface area (Å²) >= 11 is 0. The quantitative estimate of drug-likeness (QED) is 0.776. The molecule has 0 radical (unpaired) electrons. The lowest BCUT2D eigenvalue weighted by Gasteiger charge is -2.30. The van der Waals surface area contributed by atoms with E-state index in [9.17, 15) is 9.59 Å². The zero-order valence-electron chi connectivity index (χ0n) is 17.9.